The summed E-state index contributed by atoms with van der Waals surface area (Å²) in [7, 11) is 1.78. The molecule has 0 saturated carbocycles. The van der Waals surface area contributed by atoms with Crippen LogP contribution in [-0.2, 0) is 9.53 Å². The average molecular weight is 279 g/mol. The van der Waals surface area contributed by atoms with Crippen LogP contribution in [0, 0.1) is 5.92 Å². The zero-order valence-corrected chi connectivity index (χ0v) is 12.0. The summed E-state index contributed by atoms with van der Waals surface area (Å²) in [6.07, 6.45) is -0.712. The minimum Gasteiger partial charge on any atom is -0.508 e. The number of likely N-dealkylation sites (N-methyl/N-ethyl adjacent to an activating group) is 1. The van der Waals surface area contributed by atoms with E-state index in [1.807, 2.05) is 13.8 Å². The van der Waals surface area contributed by atoms with Crippen LogP contribution >= 0.6 is 0 Å². The maximum absolute atomic E-state index is 12.3. The highest BCUT2D eigenvalue weighted by Gasteiger charge is 2.36. The molecule has 0 radical (unpaired) electrons. The van der Waals surface area contributed by atoms with Crippen molar-refractivity contribution in [3.63, 3.8) is 0 Å². The molecule has 0 aliphatic carbocycles. The van der Waals surface area contributed by atoms with Gasteiger partial charge in [0.15, 0.2) is 0 Å². The van der Waals surface area contributed by atoms with Crippen molar-refractivity contribution in [3.8, 4) is 5.75 Å². The summed E-state index contributed by atoms with van der Waals surface area (Å²) < 4.78 is 5.31. The first-order chi connectivity index (χ1) is 9.40. The molecule has 110 valence electrons. The third-order valence-electron chi connectivity index (χ3n) is 3.41. The molecule has 2 atom stereocenters. The molecule has 1 aliphatic heterocycles. The number of phenols is 1. The van der Waals surface area contributed by atoms with Crippen molar-refractivity contribution in [3.05, 3.63) is 29.3 Å². The zero-order valence-electron chi connectivity index (χ0n) is 12.0. The number of fused-ring (bicyclic) bond motifs is 1. The van der Waals surface area contributed by atoms with Crippen molar-refractivity contribution in [2.45, 2.75) is 26.0 Å². The molecule has 5 heteroatoms. The number of hydrogen-bond acceptors (Lipinski definition) is 5. The van der Waals surface area contributed by atoms with E-state index in [4.69, 9.17) is 4.74 Å². The van der Waals surface area contributed by atoms with Gasteiger partial charge in [0, 0.05) is 6.54 Å². The number of esters is 1. The van der Waals surface area contributed by atoms with Crippen LogP contribution in [0.4, 0.5) is 0 Å². The van der Waals surface area contributed by atoms with Gasteiger partial charge in [-0.2, -0.15) is 0 Å². The molecule has 0 amide bonds. The monoisotopic (exact) mass is 279 g/mol. The number of β-amino-alcohol motifs (C(OH)–C–C–N with tert-alkyl or cyclic N) is 1. The normalized spacial score (nSPS) is 22.6. The van der Waals surface area contributed by atoms with Gasteiger partial charge in [0.2, 0.25) is 0 Å². The highest BCUT2D eigenvalue weighted by Crippen LogP contribution is 2.36. The molecule has 0 spiro atoms. The van der Waals surface area contributed by atoms with Crippen LogP contribution in [-0.4, -0.2) is 41.3 Å². The Morgan fingerprint density at radius 1 is 1.45 bits per heavy atom. The summed E-state index contributed by atoms with van der Waals surface area (Å²) in [6.45, 7) is 4.66. The Kier molecular flexibility index (Phi) is 4.30. The fraction of sp³-hybridized carbons (Fsp3) is 0.533. The summed E-state index contributed by atoms with van der Waals surface area (Å²) in [5, 5.41) is 19.6. The molecular weight excluding hydrogens is 258 g/mol. The molecule has 2 unspecified atom stereocenters. The van der Waals surface area contributed by atoms with Crippen LogP contribution < -0.4 is 0 Å². The molecule has 0 saturated heterocycles. The van der Waals surface area contributed by atoms with Crippen molar-refractivity contribution in [1.82, 2.24) is 4.90 Å². The lowest BCUT2D eigenvalue weighted by molar-refractivity contribution is -0.152. The summed E-state index contributed by atoms with van der Waals surface area (Å²) in [5.74, 6) is 0.0411. The number of aromatic hydroxyl groups is 1. The van der Waals surface area contributed by atoms with Crippen molar-refractivity contribution in [1.29, 1.82) is 0 Å². The Balaban J connectivity index is 2.29. The van der Waals surface area contributed by atoms with Gasteiger partial charge in [-0.15, -0.1) is 0 Å². The minimum atomic E-state index is -0.712. The molecule has 2 N–H and O–H groups in total. The highest BCUT2D eigenvalue weighted by atomic mass is 16.5. The van der Waals surface area contributed by atoms with Crippen LogP contribution in [0.5, 0.6) is 5.75 Å². The second-order valence-electron chi connectivity index (χ2n) is 5.70. The standard InChI is InChI=1S/C15H21NO4/c1-9(2)8-20-15(19)14-11-5-4-10(17)6-12(11)13(18)7-16(14)3/h4-6,9,13-14,17-18H,7-8H2,1-3H3. The first-order valence-electron chi connectivity index (χ1n) is 6.78. The molecule has 5 nitrogen and oxygen atoms in total. The van der Waals surface area contributed by atoms with Gasteiger partial charge in [0.25, 0.3) is 0 Å². The van der Waals surface area contributed by atoms with Gasteiger partial charge < -0.3 is 14.9 Å². The number of ether oxygens (including phenoxy) is 1. The van der Waals surface area contributed by atoms with Gasteiger partial charge in [-0.3, -0.25) is 4.90 Å². The minimum absolute atomic E-state index is 0.0849. The topological polar surface area (TPSA) is 70.0 Å². The van der Waals surface area contributed by atoms with Crippen molar-refractivity contribution in [2.75, 3.05) is 20.2 Å². The summed E-state index contributed by atoms with van der Waals surface area (Å²) in [5.41, 5.74) is 1.28. The van der Waals surface area contributed by atoms with Gasteiger partial charge in [-0.25, -0.2) is 4.79 Å². The van der Waals surface area contributed by atoms with Crippen molar-refractivity contribution >= 4 is 5.97 Å². The molecular formula is C15H21NO4. The molecule has 0 aromatic heterocycles. The smallest absolute Gasteiger partial charge is 0.328 e. The molecule has 20 heavy (non-hydrogen) atoms. The maximum Gasteiger partial charge on any atom is 0.328 e. The van der Waals surface area contributed by atoms with E-state index in [9.17, 15) is 15.0 Å². The number of nitrogens with zero attached hydrogens (tertiary/aromatic N) is 1. The molecule has 1 heterocycles. The second-order valence-corrected chi connectivity index (χ2v) is 5.70. The van der Waals surface area contributed by atoms with Crippen molar-refractivity contribution in [2.24, 2.45) is 5.92 Å². The van der Waals surface area contributed by atoms with Gasteiger partial charge in [-0.1, -0.05) is 19.9 Å². The Labute approximate surface area is 118 Å². The summed E-state index contributed by atoms with van der Waals surface area (Å²) in [4.78, 5) is 14.0. The molecule has 0 fully saturated rings. The lowest BCUT2D eigenvalue weighted by Gasteiger charge is -2.35. The Morgan fingerprint density at radius 3 is 2.80 bits per heavy atom. The number of hydrogen-bond donors (Lipinski definition) is 2. The number of benzene rings is 1. The zero-order chi connectivity index (χ0) is 14.9. The third kappa shape index (κ3) is 2.94. The number of rotatable bonds is 3. The Morgan fingerprint density at radius 2 is 2.15 bits per heavy atom. The lowest BCUT2D eigenvalue weighted by atomic mass is 9.91. The highest BCUT2D eigenvalue weighted by molar-refractivity contribution is 5.79. The first-order valence-corrected chi connectivity index (χ1v) is 6.78. The Bertz CT molecular complexity index is 501. The van der Waals surface area contributed by atoms with E-state index in [-0.39, 0.29) is 17.6 Å². The van der Waals surface area contributed by atoms with Gasteiger partial charge in [-0.05, 0) is 36.2 Å². The molecule has 1 aromatic carbocycles. The predicted octanol–water partition coefficient (Wildman–Crippen LogP) is 1.61. The summed E-state index contributed by atoms with van der Waals surface area (Å²) in [6, 6.07) is 4.17. The number of aliphatic hydroxyl groups is 1. The van der Waals surface area contributed by atoms with E-state index in [0.717, 1.165) is 0 Å². The molecule has 2 rings (SSSR count). The number of phenolic OH excluding ortho intramolecular Hbond substituents is 1. The van der Waals surface area contributed by atoms with Crippen LogP contribution in [0.15, 0.2) is 18.2 Å². The first kappa shape index (κ1) is 14.8. The summed E-state index contributed by atoms with van der Waals surface area (Å²) >= 11 is 0. The van der Waals surface area contributed by atoms with Crippen molar-refractivity contribution < 1.29 is 19.7 Å². The quantitative estimate of drug-likeness (QED) is 0.823. The van der Waals surface area contributed by atoms with E-state index in [0.29, 0.717) is 24.3 Å². The average Bonchev–Trinajstić information content (AvgIpc) is 2.37. The molecule has 1 aromatic rings. The Hall–Kier alpha value is -1.59. The fourth-order valence-corrected chi connectivity index (χ4v) is 2.45. The van der Waals surface area contributed by atoms with E-state index < -0.39 is 12.1 Å². The van der Waals surface area contributed by atoms with Crippen LogP contribution in [0.2, 0.25) is 0 Å². The van der Waals surface area contributed by atoms with E-state index in [1.165, 1.54) is 12.1 Å². The molecule has 1 aliphatic rings. The van der Waals surface area contributed by atoms with Crippen LogP contribution in [0.3, 0.4) is 0 Å². The number of carbonyl (C=O) groups excluding carboxylic acids is 1. The predicted molar refractivity (Wildman–Crippen MR) is 74.2 cm³/mol. The number of aliphatic hydroxyl groups excluding tert-OH is 1. The van der Waals surface area contributed by atoms with Gasteiger partial charge >= 0.3 is 5.97 Å². The molecule has 0 bridgehead atoms. The third-order valence-corrected chi connectivity index (χ3v) is 3.41. The van der Waals surface area contributed by atoms with E-state index >= 15 is 0 Å². The fourth-order valence-electron chi connectivity index (χ4n) is 2.45. The maximum atomic E-state index is 12.3. The van der Waals surface area contributed by atoms with Gasteiger partial charge in [0.05, 0.1) is 12.7 Å². The largest absolute Gasteiger partial charge is 0.508 e. The van der Waals surface area contributed by atoms with E-state index in [2.05, 4.69) is 0 Å². The second kappa shape index (κ2) is 5.81. The number of carbonyl (C=O) groups is 1. The lowest BCUT2D eigenvalue weighted by Crippen LogP contribution is -2.40. The van der Waals surface area contributed by atoms with Crippen LogP contribution in [0.1, 0.15) is 37.1 Å². The SMILES string of the molecule is CC(C)COC(=O)C1c2ccc(O)cc2C(O)CN1C. The van der Waals surface area contributed by atoms with Gasteiger partial charge in [0.1, 0.15) is 11.8 Å². The van der Waals surface area contributed by atoms with Crippen LogP contribution in [0.25, 0.3) is 0 Å². The van der Waals surface area contributed by atoms with E-state index in [1.54, 1.807) is 18.0 Å².